The number of nitrogens with one attached hydrogen (secondary N) is 1. The topological polar surface area (TPSA) is 35.5 Å². The van der Waals surface area contributed by atoms with Gasteiger partial charge in [0.25, 0.3) is 0 Å². The normalized spacial score (nSPS) is 29.3. The van der Waals surface area contributed by atoms with E-state index in [1.54, 1.807) is 6.07 Å². The highest BCUT2D eigenvalue weighted by molar-refractivity contribution is 5.85. The smallest absolute Gasteiger partial charge is 0.115 e. The number of rotatable bonds is 3. The summed E-state index contributed by atoms with van der Waals surface area (Å²) >= 11 is 0. The fourth-order valence-electron chi connectivity index (χ4n) is 3.46. The molecule has 0 spiro atoms. The van der Waals surface area contributed by atoms with Crippen LogP contribution in [0.2, 0.25) is 0 Å². The van der Waals surface area contributed by atoms with E-state index >= 15 is 0 Å². The lowest BCUT2D eigenvalue weighted by atomic mass is 9.98. The van der Waals surface area contributed by atoms with E-state index in [0.717, 1.165) is 18.6 Å². The van der Waals surface area contributed by atoms with Crippen molar-refractivity contribution in [2.75, 3.05) is 7.05 Å². The molecule has 2 atom stereocenters. The Hall–Kier alpha value is -0.770. The van der Waals surface area contributed by atoms with Gasteiger partial charge in [-0.1, -0.05) is 12.1 Å². The van der Waals surface area contributed by atoms with E-state index in [2.05, 4.69) is 23.3 Å². The van der Waals surface area contributed by atoms with Crippen molar-refractivity contribution >= 4 is 12.4 Å². The molecule has 0 amide bonds. The Kier molecular flexibility index (Phi) is 4.71. The van der Waals surface area contributed by atoms with E-state index in [-0.39, 0.29) is 12.4 Å². The number of hydrogen-bond acceptors (Lipinski definition) is 3. The Morgan fingerprint density at radius 1 is 1.26 bits per heavy atom. The summed E-state index contributed by atoms with van der Waals surface area (Å²) in [5.41, 5.74) is 1.20. The minimum atomic E-state index is 0. The Morgan fingerprint density at radius 2 is 1.95 bits per heavy atom. The van der Waals surface area contributed by atoms with Crippen LogP contribution in [-0.2, 0) is 6.54 Å². The highest BCUT2D eigenvalue weighted by Gasteiger charge is 2.34. The van der Waals surface area contributed by atoms with Crippen LogP contribution in [0, 0.1) is 0 Å². The van der Waals surface area contributed by atoms with E-state index in [9.17, 15) is 5.11 Å². The van der Waals surface area contributed by atoms with Crippen molar-refractivity contribution in [3.05, 3.63) is 29.8 Å². The third kappa shape index (κ3) is 3.41. The third-order valence-corrected chi connectivity index (χ3v) is 4.41. The average Bonchev–Trinajstić information content (AvgIpc) is 2.68. The maximum Gasteiger partial charge on any atom is 0.115 e. The van der Waals surface area contributed by atoms with Crippen LogP contribution in [-0.4, -0.2) is 35.2 Å². The van der Waals surface area contributed by atoms with Gasteiger partial charge in [0, 0.05) is 24.7 Å². The highest BCUT2D eigenvalue weighted by atomic mass is 35.5. The summed E-state index contributed by atoms with van der Waals surface area (Å²) < 4.78 is 0. The number of aromatic hydroxyl groups is 1. The average molecular weight is 283 g/mol. The van der Waals surface area contributed by atoms with Crippen molar-refractivity contribution < 1.29 is 5.11 Å². The zero-order chi connectivity index (χ0) is 12.5. The van der Waals surface area contributed by atoms with Gasteiger partial charge in [-0.15, -0.1) is 12.4 Å². The predicted molar refractivity (Wildman–Crippen MR) is 79.8 cm³/mol. The first-order valence-corrected chi connectivity index (χ1v) is 6.95. The van der Waals surface area contributed by atoms with Gasteiger partial charge in [0.15, 0.2) is 0 Å². The van der Waals surface area contributed by atoms with Crippen molar-refractivity contribution in [1.29, 1.82) is 0 Å². The van der Waals surface area contributed by atoms with Gasteiger partial charge in [0.1, 0.15) is 5.75 Å². The summed E-state index contributed by atoms with van der Waals surface area (Å²) in [6.07, 6.45) is 5.24. The monoisotopic (exact) mass is 282 g/mol. The molecule has 19 heavy (non-hydrogen) atoms. The van der Waals surface area contributed by atoms with Gasteiger partial charge in [0.05, 0.1) is 0 Å². The van der Waals surface area contributed by atoms with Crippen LogP contribution >= 0.6 is 12.4 Å². The van der Waals surface area contributed by atoms with E-state index < -0.39 is 0 Å². The molecule has 2 fully saturated rings. The molecular weight excluding hydrogens is 260 g/mol. The molecule has 1 aromatic carbocycles. The van der Waals surface area contributed by atoms with Gasteiger partial charge in [0.2, 0.25) is 0 Å². The SMILES string of the molecule is CN(Cc1cccc(O)c1)C1CC2CCC(C1)N2.Cl. The highest BCUT2D eigenvalue weighted by Crippen LogP contribution is 2.29. The van der Waals surface area contributed by atoms with Gasteiger partial charge in [-0.3, -0.25) is 4.90 Å². The Morgan fingerprint density at radius 3 is 2.58 bits per heavy atom. The Labute approximate surface area is 121 Å². The molecule has 2 heterocycles. The summed E-state index contributed by atoms with van der Waals surface area (Å²) in [7, 11) is 2.21. The largest absolute Gasteiger partial charge is 0.508 e. The fraction of sp³-hybridized carbons (Fsp3) is 0.600. The zero-order valence-electron chi connectivity index (χ0n) is 11.4. The second-order valence-electron chi connectivity index (χ2n) is 5.85. The summed E-state index contributed by atoms with van der Waals surface area (Å²) in [6, 6.07) is 9.77. The van der Waals surface area contributed by atoms with Gasteiger partial charge < -0.3 is 10.4 Å². The molecule has 0 aromatic heterocycles. The minimum absolute atomic E-state index is 0. The second-order valence-corrected chi connectivity index (χ2v) is 5.85. The number of benzene rings is 1. The maximum absolute atomic E-state index is 9.50. The molecule has 2 saturated heterocycles. The van der Waals surface area contributed by atoms with Crippen LogP contribution in [0.3, 0.4) is 0 Å². The molecule has 0 saturated carbocycles. The third-order valence-electron chi connectivity index (χ3n) is 4.41. The Balaban J connectivity index is 0.00000133. The van der Waals surface area contributed by atoms with Crippen molar-refractivity contribution in [3.63, 3.8) is 0 Å². The first-order valence-electron chi connectivity index (χ1n) is 6.95. The first kappa shape index (κ1) is 14.6. The molecule has 2 aliphatic rings. The number of nitrogens with zero attached hydrogens (tertiary/aromatic N) is 1. The number of fused-ring (bicyclic) bond motifs is 2. The number of halogens is 1. The molecule has 0 aliphatic carbocycles. The first-order chi connectivity index (χ1) is 8.70. The van der Waals surface area contributed by atoms with Crippen LogP contribution in [0.25, 0.3) is 0 Å². The van der Waals surface area contributed by atoms with Crippen molar-refractivity contribution in [1.82, 2.24) is 10.2 Å². The van der Waals surface area contributed by atoms with E-state index in [4.69, 9.17) is 0 Å². The van der Waals surface area contributed by atoms with Gasteiger partial charge in [-0.2, -0.15) is 0 Å². The molecule has 1 aromatic rings. The second kappa shape index (κ2) is 6.12. The molecule has 2 aliphatic heterocycles. The van der Waals surface area contributed by atoms with Gasteiger partial charge >= 0.3 is 0 Å². The van der Waals surface area contributed by atoms with Crippen LogP contribution in [0.5, 0.6) is 5.75 Å². The van der Waals surface area contributed by atoms with E-state index in [0.29, 0.717) is 11.8 Å². The Bertz CT molecular complexity index is 414. The molecular formula is C15H23ClN2O. The molecule has 3 nitrogen and oxygen atoms in total. The summed E-state index contributed by atoms with van der Waals surface area (Å²) in [5, 5.41) is 13.2. The van der Waals surface area contributed by atoms with Gasteiger partial charge in [-0.05, 0) is 50.4 Å². The summed E-state index contributed by atoms with van der Waals surface area (Å²) in [5.74, 6) is 0.367. The lowest BCUT2D eigenvalue weighted by molar-refractivity contribution is 0.166. The standard InChI is InChI=1S/C15H22N2O.ClH/c1-17(10-11-3-2-4-15(18)7-11)14-8-12-5-6-13(9-14)16-12;/h2-4,7,12-14,16,18H,5-6,8-10H2,1H3;1H. The van der Waals surface area contributed by atoms with Crippen LogP contribution in [0.15, 0.2) is 24.3 Å². The van der Waals surface area contributed by atoms with Crippen LogP contribution < -0.4 is 5.32 Å². The van der Waals surface area contributed by atoms with E-state index in [1.807, 2.05) is 12.1 Å². The number of hydrogen-bond donors (Lipinski definition) is 2. The molecule has 0 radical (unpaired) electrons. The molecule has 2 N–H and O–H groups in total. The number of phenols is 1. The molecule has 4 heteroatoms. The number of piperidine rings is 1. The fourth-order valence-corrected chi connectivity index (χ4v) is 3.46. The minimum Gasteiger partial charge on any atom is -0.508 e. The molecule has 2 unspecified atom stereocenters. The van der Waals surface area contributed by atoms with Crippen molar-refractivity contribution in [3.8, 4) is 5.75 Å². The summed E-state index contributed by atoms with van der Waals surface area (Å²) in [4.78, 5) is 2.45. The van der Waals surface area contributed by atoms with Crippen LogP contribution in [0.4, 0.5) is 0 Å². The maximum atomic E-state index is 9.50. The van der Waals surface area contributed by atoms with Gasteiger partial charge in [-0.25, -0.2) is 0 Å². The number of phenolic OH excluding ortho intramolecular Hbond substituents is 1. The van der Waals surface area contributed by atoms with Crippen molar-refractivity contribution in [2.45, 2.75) is 50.4 Å². The predicted octanol–water partition coefficient (Wildman–Crippen LogP) is 2.53. The lowest BCUT2D eigenvalue weighted by Gasteiger charge is -2.35. The van der Waals surface area contributed by atoms with Crippen molar-refractivity contribution in [2.24, 2.45) is 0 Å². The molecule has 106 valence electrons. The quantitative estimate of drug-likeness (QED) is 0.894. The zero-order valence-corrected chi connectivity index (χ0v) is 12.2. The van der Waals surface area contributed by atoms with Crippen LogP contribution in [0.1, 0.15) is 31.2 Å². The molecule has 3 rings (SSSR count). The molecule has 2 bridgehead atoms. The summed E-state index contributed by atoms with van der Waals surface area (Å²) in [6.45, 7) is 0.929. The van der Waals surface area contributed by atoms with E-state index in [1.165, 1.54) is 31.2 Å². The lowest BCUT2D eigenvalue weighted by Crippen LogP contribution is -2.46.